The van der Waals surface area contributed by atoms with E-state index >= 15 is 0 Å². The molecule has 5 fully saturated rings. The van der Waals surface area contributed by atoms with E-state index in [4.69, 9.17) is 9.72 Å². The number of hydrogen-bond donors (Lipinski definition) is 2. The summed E-state index contributed by atoms with van der Waals surface area (Å²) in [5.74, 6) is 2.80. The van der Waals surface area contributed by atoms with Crippen LogP contribution in [0.15, 0.2) is 24.5 Å². The van der Waals surface area contributed by atoms with Crippen LogP contribution in [0.25, 0.3) is 0 Å². The number of likely N-dealkylation sites (tertiary alicyclic amines) is 1. The van der Waals surface area contributed by atoms with Crippen LogP contribution in [0.2, 0.25) is 0 Å². The molecule has 0 aromatic carbocycles. The molecule has 188 valence electrons. The van der Waals surface area contributed by atoms with Crippen molar-refractivity contribution in [2.75, 3.05) is 43.0 Å². The Morgan fingerprint density at radius 2 is 1.94 bits per heavy atom. The molecule has 2 saturated heterocycles. The molecule has 3 saturated carbocycles. The van der Waals surface area contributed by atoms with E-state index in [0.717, 1.165) is 50.2 Å². The SMILES string of the molecule is O=C1NCC[C@@]12Cc1cnc(Nc3ccc(OCCN4CCCC4)cn3)nc1N(C13CC(C1)C3)C2=O. The standard InChI is InChI=1S/C26H31N7O3/c34-22-26(5-6-27-22)14-18-15-29-24(31-21(18)33(23(26)35)25-11-17(12-25)13-25)30-20-4-3-19(16-28-20)36-10-9-32-7-1-2-8-32/h3-4,15-17H,1-2,5-14H2,(H,27,34)(H,28,29,30,31)/t17?,25?,26-/m1/s1. The second kappa shape index (κ2) is 8.12. The lowest BCUT2D eigenvalue weighted by Crippen LogP contribution is -2.73. The second-order valence-corrected chi connectivity index (χ2v) is 11.1. The number of amides is 2. The average Bonchev–Trinajstić information content (AvgIpc) is 3.47. The third kappa shape index (κ3) is 3.37. The fourth-order valence-corrected chi connectivity index (χ4v) is 6.63. The van der Waals surface area contributed by atoms with E-state index in [1.165, 1.54) is 12.8 Å². The lowest BCUT2D eigenvalue weighted by atomic mass is 9.48. The van der Waals surface area contributed by atoms with Gasteiger partial charge in [0.05, 0.1) is 11.7 Å². The van der Waals surface area contributed by atoms with Gasteiger partial charge < -0.3 is 15.4 Å². The number of aromatic nitrogens is 3. The van der Waals surface area contributed by atoms with Crippen molar-refractivity contribution in [2.24, 2.45) is 11.3 Å². The molecule has 2 N–H and O–H groups in total. The van der Waals surface area contributed by atoms with Gasteiger partial charge in [-0.25, -0.2) is 9.97 Å². The Labute approximate surface area is 209 Å². The summed E-state index contributed by atoms with van der Waals surface area (Å²) in [5.41, 5.74) is -0.353. The molecule has 2 aromatic rings. The maximum Gasteiger partial charge on any atom is 0.244 e. The molecule has 6 aliphatic rings. The summed E-state index contributed by atoms with van der Waals surface area (Å²) in [7, 11) is 0. The summed E-state index contributed by atoms with van der Waals surface area (Å²) in [6.45, 7) is 4.43. The lowest BCUT2D eigenvalue weighted by molar-refractivity contribution is -0.144. The third-order valence-electron chi connectivity index (χ3n) is 8.76. The minimum Gasteiger partial charge on any atom is -0.491 e. The Morgan fingerprint density at radius 1 is 1.11 bits per heavy atom. The van der Waals surface area contributed by atoms with Crippen molar-refractivity contribution in [3.05, 3.63) is 30.1 Å². The van der Waals surface area contributed by atoms with Gasteiger partial charge in [0.1, 0.15) is 29.4 Å². The van der Waals surface area contributed by atoms with Gasteiger partial charge in [0.25, 0.3) is 0 Å². The number of hydrogen-bond acceptors (Lipinski definition) is 8. The van der Waals surface area contributed by atoms with E-state index in [0.29, 0.717) is 49.5 Å². The summed E-state index contributed by atoms with van der Waals surface area (Å²) in [6, 6.07) is 3.73. The highest BCUT2D eigenvalue weighted by Crippen LogP contribution is 2.63. The molecule has 10 nitrogen and oxygen atoms in total. The maximum absolute atomic E-state index is 13.8. The normalized spacial score (nSPS) is 30.6. The summed E-state index contributed by atoms with van der Waals surface area (Å²) in [5, 5.41) is 6.05. The van der Waals surface area contributed by atoms with Crippen LogP contribution < -0.4 is 20.3 Å². The largest absolute Gasteiger partial charge is 0.491 e. The Bertz CT molecular complexity index is 1200. The topological polar surface area (TPSA) is 113 Å². The Kier molecular flexibility index (Phi) is 4.96. The monoisotopic (exact) mass is 489 g/mol. The van der Waals surface area contributed by atoms with E-state index < -0.39 is 5.41 Å². The van der Waals surface area contributed by atoms with Crippen molar-refractivity contribution >= 4 is 29.4 Å². The molecule has 5 heterocycles. The van der Waals surface area contributed by atoms with Crippen LogP contribution >= 0.6 is 0 Å². The first-order chi connectivity index (χ1) is 17.5. The van der Waals surface area contributed by atoms with E-state index in [9.17, 15) is 9.59 Å². The fourth-order valence-electron chi connectivity index (χ4n) is 6.63. The van der Waals surface area contributed by atoms with Crippen LogP contribution in [0.3, 0.4) is 0 Å². The number of rotatable bonds is 7. The van der Waals surface area contributed by atoms with Gasteiger partial charge in [0, 0.05) is 31.3 Å². The maximum atomic E-state index is 13.8. The summed E-state index contributed by atoms with van der Waals surface area (Å²) in [6.07, 6.45) is 9.86. The van der Waals surface area contributed by atoms with Gasteiger partial charge in [-0.05, 0) is 69.7 Å². The number of carbonyl (C=O) groups is 2. The molecule has 2 amide bonds. The van der Waals surface area contributed by atoms with Crippen LogP contribution in [0.1, 0.15) is 44.1 Å². The number of nitrogens with zero attached hydrogens (tertiary/aromatic N) is 5. The van der Waals surface area contributed by atoms with Gasteiger partial charge in [-0.2, -0.15) is 4.98 Å². The van der Waals surface area contributed by atoms with Gasteiger partial charge in [0.15, 0.2) is 0 Å². The molecule has 0 radical (unpaired) electrons. The molecule has 36 heavy (non-hydrogen) atoms. The Morgan fingerprint density at radius 3 is 2.61 bits per heavy atom. The van der Waals surface area contributed by atoms with E-state index in [1.54, 1.807) is 12.4 Å². The van der Waals surface area contributed by atoms with Crippen molar-refractivity contribution in [3.8, 4) is 5.75 Å². The predicted octanol–water partition coefficient (Wildman–Crippen LogP) is 2.04. The quantitative estimate of drug-likeness (QED) is 0.569. The number of fused-ring (bicyclic) bond motifs is 1. The van der Waals surface area contributed by atoms with Crippen molar-refractivity contribution < 1.29 is 14.3 Å². The highest BCUT2D eigenvalue weighted by Gasteiger charge is 2.67. The van der Waals surface area contributed by atoms with E-state index in [-0.39, 0.29) is 17.4 Å². The molecule has 0 unspecified atom stereocenters. The summed E-state index contributed by atoms with van der Waals surface area (Å²) in [4.78, 5) is 44.6. The molecule has 3 aliphatic heterocycles. The van der Waals surface area contributed by atoms with Gasteiger partial charge in [-0.3, -0.25) is 19.4 Å². The molecule has 10 heteroatoms. The highest BCUT2D eigenvalue weighted by molar-refractivity contribution is 6.15. The van der Waals surface area contributed by atoms with Crippen LogP contribution in [-0.2, 0) is 16.0 Å². The number of ether oxygens (including phenoxy) is 1. The Hall–Kier alpha value is -3.27. The van der Waals surface area contributed by atoms with Gasteiger partial charge in [-0.1, -0.05) is 0 Å². The van der Waals surface area contributed by atoms with Crippen LogP contribution in [0.5, 0.6) is 5.75 Å². The Balaban J connectivity index is 1.09. The zero-order chi connectivity index (χ0) is 24.3. The number of anilines is 3. The molecule has 8 rings (SSSR count). The van der Waals surface area contributed by atoms with Crippen molar-refractivity contribution in [3.63, 3.8) is 0 Å². The minimum atomic E-state index is -1.02. The number of carbonyl (C=O) groups excluding carboxylic acids is 2. The van der Waals surface area contributed by atoms with Crippen LogP contribution in [0, 0.1) is 11.3 Å². The zero-order valence-electron chi connectivity index (χ0n) is 20.3. The molecule has 3 aliphatic carbocycles. The molecule has 1 atom stereocenters. The number of nitrogens with one attached hydrogen (secondary N) is 2. The van der Waals surface area contributed by atoms with Crippen LogP contribution in [-0.4, -0.2) is 70.0 Å². The van der Waals surface area contributed by atoms with Crippen molar-refractivity contribution in [1.82, 2.24) is 25.2 Å². The molecular formula is C26H31N7O3. The van der Waals surface area contributed by atoms with Gasteiger partial charge in [-0.15, -0.1) is 0 Å². The van der Waals surface area contributed by atoms with Gasteiger partial charge >= 0.3 is 0 Å². The molecule has 2 bridgehead atoms. The average molecular weight is 490 g/mol. The zero-order valence-corrected chi connectivity index (χ0v) is 20.3. The van der Waals surface area contributed by atoms with Crippen LogP contribution in [0.4, 0.5) is 17.6 Å². The third-order valence-corrected chi connectivity index (χ3v) is 8.76. The first-order valence-corrected chi connectivity index (χ1v) is 13.1. The molecule has 1 spiro atoms. The summed E-state index contributed by atoms with van der Waals surface area (Å²) < 4.78 is 5.85. The first-order valence-electron chi connectivity index (χ1n) is 13.1. The minimum absolute atomic E-state index is 0.0960. The second-order valence-electron chi connectivity index (χ2n) is 11.1. The summed E-state index contributed by atoms with van der Waals surface area (Å²) >= 11 is 0. The van der Waals surface area contributed by atoms with E-state index in [1.807, 2.05) is 17.0 Å². The van der Waals surface area contributed by atoms with Gasteiger partial charge in [0.2, 0.25) is 17.8 Å². The molecular weight excluding hydrogens is 458 g/mol. The fraction of sp³-hybridized carbons (Fsp3) is 0.577. The van der Waals surface area contributed by atoms with E-state index in [2.05, 4.69) is 25.5 Å². The smallest absolute Gasteiger partial charge is 0.244 e. The first kappa shape index (κ1) is 22.0. The lowest BCUT2D eigenvalue weighted by Gasteiger charge is -2.67. The van der Waals surface area contributed by atoms with Crippen molar-refractivity contribution in [1.29, 1.82) is 0 Å². The molecule has 2 aromatic heterocycles. The highest BCUT2D eigenvalue weighted by atomic mass is 16.5. The predicted molar refractivity (Wildman–Crippen MR) is 132 cm³/mol. The number of pyridine rings is 1. The van der Waals surface area contributed by atoms with Crippen molar-refractivity contribution in [2.45, 2.75) is 50.5 Å².